The van der Waals surface area contributed by atoms with Crippen LogP contribution in [0.25, 0.3) is 0 Å². The molecule has 1 saturated heterocycles. The molecule has 1 aromatic heterocycles. The van der Waals surface area contributed by atoms with Gasteiger partial charge in [-0.05, 0) is 12.8 Å². The van der Waals surface area contributed by atoms with Crippen molar-refractivity contribution in [2.75, 3.05) is 26.0 Å². The molecular weight excluding hydrogens is 308 g/mol. The molecular formula is C14H20N2O3S2. The summed E-state index contributed by atoms with van der Waals surface area (Å²) in [6.07, 6.45) is 0. The summed E-state index contributed by atoms with van der Waals surface area (Å²) in [5.41, 5.74) is 1.03. The molecule has 7 heteroatoms. The molecule has 2 heterocycles. The summed E-state index contributed by atoms with van der Waals surface area (Å²) >= 11 is 3.19. The van der Waals surface area contributed by atoms with Crippen LogP contribution in [0.15, 0.2) is 5.38 Å². The number of hydrogen-bond donors (Lipinski definition) is 0. The van der Waals surface area contributed by atoms with Crippen molar-refractivity contribution >= 4 is 35.0 Å². The van der Waals surface area contributed by atoms with Crippen molar-refractivity contribution < 1.29 is 14.3 Å². The quantitative estimate of drug-likeness (QED) is 0.773. The Kier molecular flexibility index (Phi) is 5.64. The molecule has 1 aliphatic heterocycles. The van der Waals surface area contributed by atoms with Gasteiger partial charge in [0.15, 0.2) is 0 Å². The van der Waals surface area contributed by atoms with E-state index in [9.17, 15) is 9.59 Å². The molecule has 0 spiro atoms. The topological polar surface area (TPSA) is 59.5 Å². The first-order valence-electron chi connectivity index (χ1n) is 6.85. The van der Waals surface area contributed by atoms with Gasteiger partial charge in [-0.2, -0.15) is 0 Å². The molecule has 2 unspecified atom stereocenters. The minimum atomic E-state index is -0.219. The van der Waals surface area contributed by atoms with Crippen LogP contribution in [0.3, 0.4) is 0 Å². The van der Waals surface area contributed by atoms with Crippen molar-refractivity contribution in [1.29, 1.82) is 0 Å². The van der Waals surface area contributed by atoms with Gasteiger partial charge in [0, 0.05) is 24.2 Å². The fraction of sp³-hybridized carbons (Fsp3) is 0.643. The molecule has 0 N–H and O–H groups in total. The molecule has 0 aliphatic carbocycles. The van der Waals surface area contributed by atoms with Gasteiger partial charge < -0.3 is 9.64 Å². The molecule has 116 valence electrons. The maximum atomic E-state index is 12.2. The van der Waals surface area contributed by atoms with Gasteiger partial charge in [0.05, 0.1) is 29.5 Å². The molecule has 1 aromatic rings. The van der Waals surface area contributed by atoms with Crippen LogP contribution < -0.4 is 0 Å². The number of aryl methyl sites for hydroxylation is 1. The normalized spacial score (nSPS) is 21.6. The van der Waals surface area contributed by atoms with Crippen molar-refractivity contribution in [3.63, 3.8) is 0 Å². The standard InChI is InChI=1S/C14H20N2O3S2/c1-9-4-16(5-12(9)14(18)19-3)13(17)8-20-6-11-7-21-10(2)15-11/h7,9,12H,4-6,8H2,1-3H3. The highest BCUT2D eigenvalue weighted by Crippen LogP contribution is 2.25. The maximum Gasteiger partial charge on any atom is 0.310 e. The number of methoxy groups -OCH3 is 1. The number of thiazole rings is 1. The van der Waals surface area contributed by atoms with Crippen LogP contribution in [0.1, 0.15) is 17.6 Å². The lowest BCUT2D eigenvalue weighted by molar-refractivity contribution is -0.146. The first kappa shape index (κ1) is 16.3. The van der Waals surface area contributed by atoms with Gasteiger partial charge in [-0.25, -0.2) is 4.98 Å². The summed E-state index contributed by atoms with van der Waals surface area (Å²) in [5, 5.41) is 3.07. The molecule has 2 rings (SSSR count). The summed E-state index contributed by atoms with van der Waals surface area (Å²) in [4.78, 5) is 29.9. The van der Waals surface area contributed by atoms with E-state index in [4.69, 9.17) is 4.74 Å². The van der Waals surface area contributed by atoms with Crippen molar-refractivity contribution in [1.82, 2.24) is 9.88 Å². The monoisotopic (exact) mass is 328 g/mol. The zero-order chi connectivity index (χ0) is 15.4. The highest BCUT2D eigenvalue weighted by Gasteiger charge is 2.37. The van der Waals surface area contributed by atoms with Crippen LogP contribution in [0, 0.1) is 18.8 Å². The molecule has 0 saturated carbocycles. The second-order valence-corrected chi connectivity index (χ2v) is 7.30. The third-order valence-electron chi connectivity index (χ3n) is 3.61. The summed E-state index contributed by atoms with van der Waals surface area (Å²) in [7, 11) is 1.39. The van der Waals surface area contributed by atoms with E-state index in [2.05, 4.69) is 4.98 Å². The number of rotatable bonds is 5. The van der Waals surface area contributed by atoms with Gasteiger partial charge in [0.1, 0.15) is 0 Å². The smallest absolute Gasteiger partial charge is 0.310 e. The first-order chi connectivity index (χ1) is 10.0. The lowest BCUT2D eigenvalue weighted by atomic mass is 9.99. The number of ether oxygens (including phenoxy) is 1. The summed E-state index contributed by atoms with van der Waals surface area (Å²) < 4.78 is 4.78. The second kappa shape index (κ2) is 7.26. The molecule has 0 aromatic carbocycles. The number of aromatic nitrogens is 1. The van der Waals surface area contributed by atoms with E-state index >= 15 is 0 Å². The van der Waals surface area contributed by atoms with E-state index in [1.54, 1.807) is 28.0 Å². The Morgan fingerprint density at radius 3 is 2.90 bits per heavy atom. The maximum absolute atomic E-state index is 12.2. The fourth-order valence-electron chi connectivity index (χ4n) is 2.44. The minimum absolute atomic E-state index is 0.0882. The lowest BCUT2D eigenvalue weighted by Crippen LogP contribution is -2.31. The van der Waals surface area contributed by atoms with E-state index in [1.165, 1.54) is 7.11 Å². The number of hydrogen-bond acceptors (Lipinski definition) is 6. The number of carbonyl (C=O) groups excluding carboxylic acids is 2. The third-order valence-corrected chi connectivity index (χ3v) is 5.38. The molecule has 0 radical (unpaired) electrons. The first-order valence-corrected chi connectivity index (χ1v) is 8.89. The van der Waals surface area contributed by atoms with E-state index in [1.807, 2.05) is 19.2 Å². The van der Waals surface area contributed by atoms with Crippen molar-refractivity contribution in [2.24, 2.45) is 11.8 Å². The average molecular weight is 328 g/mol. The van der Waals surface area contributed by atoms with Gasteiger partial charge in [0.25, 0.3) is 0 Å². The van der Waals surface area contributed by atoms with Gasteiger partial charge in [-0.1, -0.05) is 6.92 Å². The van der Waals surface area contributed by atoms with E-state index in [-0.39, 0.29) is 23.7 Å². The van der Waals surface area contributed by atoms with Crippen LogP contribution in [0.2, 0.25) is 0 Å². The van der Waals surface area contributed by atoms with E-state index < -0.39 is 0 Å². The second-order valence-electron chi connectivity index (χ2n) is 5.26. The SMILES string of the molecule is COC(=O)C1CN(C(=O)CSCc2csc(C)n2)CC1C. The van der Waals surface area contributed by atoms with E-state index in [0.29, 0.717) is 18.8 Å². The van der Waals surface area contributed by atoms with Gasteiger partial charge in [-0.15, -0.1) is 23.1 Å². The molecule has 5 nitrogen and oxygen atoms in total. The number of amides is 1. The number of carbonyl (C=O) groups is 2. The Bertz CT molecular complexity index is 518. The Labute approximate surface area is 133 Å². The summed E-state index contributed by atoms with van der Waals surface area (Å²) in [6, 6.07) is 0. The Hall–Kier alpha value is -1.08. The zero-order valence-corrected chi connectivity index (χ0v) is 14.1. The molecule has 1 fully saturated rings. The largest absolute Gasteiger partial charge is 0.469 e. The summed E-state index contributed by atoms with van der Waals surface area (Å²) in [6.45, 7) is 5.07. The van der Waals surface area contributed by atoms with Gasteiger partial charge in [0.2, 0.25) is 5.91 Å². The van der Waals surface area contributed by atoms with Crippen LogP contribution >= 0.6 is 23.1 Å². The van der Waals surface area contributed by atoms with Gasteiger partial charge >= 0.3 is 5.97 Å². The minimum Gasteiger partial charge on any atom is -0.469 e. The molecule has 2 atom stereocenters. The molecule has 21 heavy (non-hydrogen) atoms. The van der Waals surface area contributed by atoms with E-state index in [0.717, 1.165) is 16.5 Å². The third kappa shape index (κ3) is 4.20. The molecule has 1 amide bonds. The Morgan fingerprint density at radius 2 is 2.29 bits per heavy atom. The Morgan fingerprint density at radius 1 is 1.52 bits per heavy atom. The predicted molar refractivity (Wildman–Crippen MR) is 84.3 cm³/mol. The lowest BCUT2D eigenvalue weighted by Gasteiger charge is -2.15. The van der Waals surface area contributed by atoms with Gasteiger partial charge in [-0.3, -0.25) is 9.59 Å². The highest BCUT2D eigenvalue weighted by molar-refractivity contribution is 7.99. The van der Waals surface area contributed by atoms with Crippen molar-refractivity contribution in [2.45, 2.75) is 19.6 Å². The Balaban J connectivity index is 1.77. The molecule has 0 bridgehead atoms. The van der Waals surface area contributed by atoms with Crippen LogP contribution in [-0.4, -0.2) is 47.7 Å². The number of esters is 1. The zero-order valence-electron chi connectivity index (χ0n) is 12.5. The number of thioether (sulfide) groups is 1. The van der Waals surface area contributed by atoms with Crippen molar-refractivity contribution in [3.8, 4) is 0 Å². The van der Waals surface area contributed by atoms with Crippen LogP contribution in [0.5, 0.6) is 0 Å². The predicted octanol–water partition coefficient (Wildman–Crippen LogP) is 1.95. The summed E-state index contributed by atoms with van der Waals surface area (Å²) in [5.74, 6) is 1.02. The van der Waals surface area contributed by atoms with Crippen molar-refractivity contribution in [3.05, 3.63) is 16.1 Å². The average Bonchev–Trinajstić information content (AvgIpc) is 3.04. The van der Waals surface area contributed by atoms with Crippen LogP contribution in [-0.2, 0) is 20.1 Å². The highest BCUT2D eigenvalue weighted by atomic mass is 32.2. The molecule has 1 aliphatic rings. The number of nitrogens with zero attached hydrogens (tertiary/aromatic N) is 2. The fourth-order valence-corrected chi connectivity index (χ4v) is 3.97. The van der Waals surface area contributed by atoms with Crippen LogP contribution in [0.4, 0.5) is 0 Å². The number of likely N-dealkylation sites (tertiary alicyclic amines) is 1.